The van der Waals surface area contributed by atoms with E-state index in [0.29, 0.717) is 0 Å². The number of hydrogen-bond donors (Lipinski definition) is 1. The largest absolute Gasteiger partial charge is 0.368 e. The average Bonchev–Trinajstić information content (AvgIpc) is 3.10. The molecule has 0 unspecified atom stereocenters. The molecule has 1 N–H and O–H groups in total. The van der Waals surface area contributed by atoms with Gasteiger partial charge in [0, 0.05) is 32.4 Å². The van der Waals surface area contributed by atoms with Gasteiger partial charge in [-0.15, -0.1) is 0 Å². The lowest BCUT2D eigenvalue weighted by atomic mass is 10.3. The molecular formula is C18H20BrN7. The van der Waals surface area contributed by atoms with Crippen LogP contribution < -0.4 is 10.2 Å². The van der Waals surface area contributed by atoms with Crippen molar-refractivity contribution in [3.05, 3.63) is 53.4 Å². The summed E-state index contributed by atoms with van der Waals surface area (Å²) in [6, 6.07) is 9.87. The second-order valence-corrected chi connectivity index (χ2v) is 7.22. The van der Waals surface area contributed by atoms with Gasteiger partial charge in [-0.3, -0.25) is 0 Å². The minimum Gasteiger partial charge on any atom is -0.368 e. The number of nitrogens with one attached hydrogen (secondary N) is 1. The summed E-state index contributed by atoms with van der Waals surface area (Å²) in [5, 5.41) is 7.51. The monoisotopic (exact) mass is 413 g/mol. The average molecular weight is 414 g/mol. The number of anilines is 3. The van der Waals surface area contributed by atoms with E-state index in [2.05, 4.69) is 59.2 Å². The molecule has 0 saturated carbocycles. The fraction of sp³-hybridized carbons (Fsp3) is 0.278. The van der Waals surface area contributed by atoms with E-state index >= 15 is 0 Å². The number of piperazine rings is 1. The molecule has 4 rings (SSSR count). The highest BCUT2D eigenvalue weighted by Gasteiger charge is 2.14. The molecule has 0 atom stereocenters. The molecule has 0 radical (unpaired) electrons. The van der Waals surface area contributed by atoms with Crippen LogP contribution in [0, 0.1) is 0 Å². The Morgan fingerprint density at radius 1 is 1.00 bits per heavy atom. The van der Waals surface area contributed by atoms with Gasteiger partial charge in [-0.25, -0.2) is 14.6 Å². The SMILES string of the molecule is CN1CCN(c2ccc(Nc3cccc(-n4cc(Br)cn4)n3)nc2)CC1. The molecule has 0 aliphatic carbocycles. The molecule has 0 spiro atoms. The van der Waals surface area contributed by atoms with Crippen LogP contribution in [0.1, 0.15) is 0 Å². The zero-order valence-corrected chi connectivity index (χ0v) is 16.1. The quantitative estimate of drug-likeness (QED) is 0.709. The van der Waals surface area contributed by atoms with Crippen LogP contribution in [0.2, 0.25) is 0 Å². The Hall–Kier alpha value is -2.45. The van der Waals surface area contributed by atoms with E-state index in [0.717, 1.165) is 53.8 Å². The lowest BCUT2D eigenvalue weighted by molar-refractivity contribution is 0.313. The summed E-state index contributed by atoms with van der Waals surface area (Å²) in [4.78, 5) is 13.8. The molecule has 0 bridgehead atoms. The molecule has 1 aliphatic heterocycles. The predicted molar refractivity (Wildman–Crippen MR) is 106 cm³/mol. The van der Waals surface area contributed by atoms with Crippen LogP contribution in [0.5, 0.6) is 0 Å². The molecule has 1 saturated heterocycles. The number of halogens is 1. The van der Waals surface area contributed by atoms with E-state index in [-0.39, 0.29) is 0 Å². The van der Waals surface area contributed by atoms with Gasteiger partial charge in [0.05, 0.1) is 22.6 Å². The van der Waals surface area contributed by atoms with Gasteiger partial charge in [0.25, 0.3) is 0 Å². The van der Waals surface area contributed by atoms with Crippen LogP contribution in [0.3, 0.4) is 0 Å². The van der Waals surface area contributed by atoms with Crippen molar-refractivity contribution in [2.45, 2.75) is 0 Å². The highest BCUT2D eigenvalue weighted by Crippen LogP contribution is 2.19. The van der Waals surface area contributed by atoms with E-state index in [1.807, 2.05) is 36.7 Å². The number of nitrogens with zero attached hydrogens (tertiary/aromatic N) is 6. The summed E-state index contributed by atoms with van der Waals surface area (Å²) in [7, 11) is 2.16. The fourth-order valence-corrected chi connectivity index (χ4v) is 3.18. The Bertz CT molecular complexity index is 869. The lowest BCUT2D eigenvalue weighted by Crippen LogP contribution is -2.44. The van der Waals surface area contributed by atoms with Crippen LogP contribution in [0.4, 0.5) is 17.3 Å². The van der Waals surface area contributed by atoms with Gasteiger partial charge in [-0.05, 0) is 47.2 Å². The molecule has 0 aromatic carbocycles. The minimum atomic E-state index is 0.731. The number of likely N-dealkylation sites (N-methyl/N-ethyl adjacent to an activating group) is 1. The van der Waals surface area contributed by atoms with Gasteiger partial charge in [-0.2, -0.15) is 5.10 Å². The Morgan fingerprint density at radius 3 is 2.54 bits per heavy atom. The Morgan fingerprint density at radius 2 is 1.85 bits per heavy atom. The standard InChI is InChI=1S/C18H20BrN7/c1-24-7-9-25(10-8-24)15-5-6-16(20-12-15)22-17-3-2-4-18(23-17)26-13-14(19)11-21-26/h2-6,11-13H,7-10H2,1H3,(H,20,22,23). The number of pyridine rings is 2. The van der Waals surface area contributed by atoms with Crippen molar-refractivity contribution < 1.29 is 0 Å². The zero-order valence-electron chi connectivity index (χ0n) is 14.5. The Labute approximate surface area is 160 Å². The predicted octanol–water partition coefficient (Wildman–Crippen LogP) is 2.92. The normalized spacial score (nSPS) is 15.2. The second-order valence-electron chi connectivity index (χ2n) is 6.30. The summed E-state index contributed by atoms with van der Waals surface area (Å²) in [5.41, 5.74) is 1.16. The Balaban J connectivity index is 1.46. The molecule has 1 fully saturated rings. The third kappa shape index (κ3) is 3.86. The van der Waals surface area contributed by atoms with Gasteiger partial charge in [-0.1, -0.05) is 6.07 Å². The second kappa shape index (κ2) is 7.43. The van der Waals surface area contributed by atoms with Crippen LogP contribution in [0.15, 0.2) is 53.4 Å². The minimum absolute atomic E-state index is 0.731. The van der Waals surface area contributed by atoms with Crippen molar-refractivity contribution in [1.82, 2.24) is 24.6 Å². The van der Waals surface area contributed by atoms with Crippen LogP contribution in [-0.4, -0.2) is 57.9 Å². The van der Waals surface area contributed by atoms with E-state index in [1.54, 1.807) is 10.9 Å². The molecular weight excluding hydrogens is 394 g/mol. The summed E-state index contributed by atoms with van der Waals surface area (Å²) in [5.74, 6) is 2.25. The van der Waals surface area contributed by atoms with E-state index in [1.165, 1.54) is 0 Å². The number of aromatic nitrogens is 4. The van der Waals surface area contributed by atoms with Crippen molar-refractivity contribution in [3.8, 4) is 5.82 Å². The molecule has 1 aliphatic rings. The molecule has 7 nitrogen and oxygen atoms in total. The molecule has 26 heavy (non-hydrogen) atoms. The van der Waals surface area contributed by atoms with Crippen LogP contribution >= 0.6 is 15.9 Å². The van der Waals surface area contributed by atoms with E-state index < -0.39 is 0 Å². The van der Waals surface area contributed by atoms with Gasteiger partial charge in [0.1, 0.15) is 11.6 Å². The van der Waals surface area contributed by atoms with Crippen LogP contribution in [-0.2, 0) is 0 Å². The third-order valence-electron chi connectivity index (χ3n) is 4.39. The summed E-state index contributed by atoms with van der Waals surface area (Å²) in [6.45, 7) is 4.24. The first-order chi connectivity index (χ1) is 12.7. The van der Waals surface area contributed by atoms with E-state index in [9.17, 15) is 0 Å². The van der Waals surface area contributed by atoms with Gasteiger partial charge in [0.15, 0.2) is 5.82 Å². The maximum Gasteiger partial charge on any atom is 0.155 e. The van der Waals surface area contributed by atoms with Crippen molar-refractivity contribution >= 4 is 33.3 Å². The summed E-state index contributed by atoms with van der Waals surface area (Å²) in [6.07, 6.45) is 5.53. The summed E-state index contributed by atoms with van der Waals surface area (Å²) >= 11 is 3.40. The van der Waals surface area contributed by atoms with Crippen molar-refractivity contribution in [2.75, 3.05) is 43.4 Å². The molecule has 8 heteroatoms. The molecule has 0 amide bonds. The van der Waals surface area contributed by atoms with Gasteiger partial charge in [0.2, 0.25) is 0 Å². The van der Waals surface area contributed by atoms with Crippen molar-refractivity contribution in [1.29, 1.82) is 0 Å². The molecule has 4 heterocycles. The summed E-state index contributed by atoms with van der Waals surface area (Å²) < 4.78 is 2.64. The van der Waals surface area contributed by atoms with Gasteiger partial charge < -0.3 is 15.1 Å². The highest BCUT2D eigenvalue weighted by molar-refractivity contribution is 9.10. The lowest BCUT2D eigenvalue weighted by Gasteiger charge is -2.33. The number of rotatable bonds is 4. The molecule has 3 aromatic rings. The van der Waals surface area contributed by atoms with E-state index in [4.69, 9.17) is 0 Å². The first-order valence-electron chi connectivity index (χ1n) is 8.51. The highest BCUT2D eigenvalue weighted by atomic mass is 79.9. The van der Waals surface area contributed by atoms with Crippen molar-refractivity contribution in [2.24, 2.45) is 0 Å². The molecule has 134 valence electrons. The van der Waals surface area contributed by atoms with Crippen molar-refractivity contribution in [3.63, 3.8) is 0 Å². The first-order valence-corrected chi connectivity index (χ1v) is 9.31. The fourth-order valence-electron chi connectivity index (χ4n) is 2.89. The maximum absolute atomic E-state index is 4.58. The zero-order chi connectivity index (χ0) is 17.9. The maximum atomic E-state index is 4.58. The van der Waals surface area contributed by atoms with Crippen LogP contribution in [0.25, 0.3) is 5.82 Å². The molecule has 3 aromatic heterocycles. The first kappa shape index (κ1) is 17.0. The Kier molecular flexibility index (Phi) is 4.85. The third-order valence-corrected chi connectivity index (χ3v) is 4.80. The number of hydrogen-bond acceptors (Lipinski definition) is 6. The topological polar surface area (TPSA) is 62.1 Å². The van der Waals surface area contributed by atoms with Gasteiger partial charge >= 0.3 is 0 Å². The smallest absolute Gasteiger partial charge is 0.155 e.